The number of esters is 1. The third kappa shape index (κ3) is 1.61. The molecule has 0 bridgehead atoms. The first-order valence-electron chi connectivity index (χ1n) is 4.05. The fraction of sp³-hybridized carbons (Fsp3) is 0.111. The number of nitrogens with zero attached hydrogens (tertiary/aromatic N) is 2. The molecule has 0 aliphatic carbocycles. The molecule has 0 unspecified atom stereocenters. The van der Waals surface area contributed by atoms with Crippen molar-refractivity contribution in [2.24, 2.45) is 0 Å². The Morgan fingerprint density at radius 3 is 3.00 bits per heavy atom. The van der Waals surface area contributed by atoms with Crippen molar-refractivity contribution in [3.8, 4) is 0 Å². The molecular formula is C9H6BrClN2O2. The van der Waals surface area contributed by atoms with Crippen LogP contribution < -0.4 is 0 Å². The van der Waals surface area contributed by atoms with Crippen molar-refractivity contribution in [2.45, 2.75) is 0 Å². The summed E-state index contributed by atoms with van der Waals surface area (Å²) in [4.78, 5) is 15.3. The van der Waals surface area contributed by atoms with Crippen LogP contribution in [0.5, 0.6) is 0 Å². The van der Waals surface area contributed by atoms with Gasteiger partial charge in [0.05, 0.1) is 28.4 Å². The van der Waals surface area contributed by atoms with Gasteiger partial charge in [-0.2, -0.15) is 0 Å². The normalized spacial score (nSPS) is 10.6. The number of halogens is 2. The Labute approximate surface area is 98.9 Å². The van der Waals surface area contributed by atoms with Gasteiger partial charge < -0.3 is 4.74 Å². The molecule has 0 fully saturated rings. The molecule has 6 heteroatoms. The number of hydrogen-bond donors (Lipinski definition) is 0. The highest BCUT2D eigenvalue weighted by molar-refractivity contribution is 9.10. The van der Waals surface area contributed by atoms with E-state index < -0.39 is 5.97 Å². The van der Waals surface area contributed by atoms with Crippen LogP contribution >= 0.6 is 27.5 Å². The lowest BCUT2D eigenvalue weighted by Crippen LogP contribution is -2.07. The number of pyridine rings is 1. The smallest absolute Gasteiger partial charge is 0.374 e. The Kier molecular flexibility index (Phi) is 2.67. The molecule has 0 saturated carbocycles. The molecule has 2 rings (SSSR count). The van der Waals surface area contributed by atoms with E-state index in [-0.39, 0.29) is 5.82 Å². The average Bonchev–Trinajstić information content (AvgIpc) is 2.68. The summed E-state index contributed by atoms with van der Waals surface area (Å²) in [5.74, 6) is -0.306. The molecule has 2 aromatic heterocycles. The van der Waals surface area contributed by atoms with E-state index in [1.807, 2.05) is 0 Å². The van der Waals surface area contributed by atoms with Crippen LogP contribution in [0.2, 0.25) is 5.02 Å². The molecule has 2 aromatic rings. The van der Waals surface area contributed by atoms with Crippen LogP contribution in [0.1, 0.15) is 10.6 Å². The second kappa shape index (κ2) is 3.83. The number of ether oxygens (including phenoxy) is 1. The van der Waals surface area contributed by atoms with Crippen LogP contribution in [-0.2, 0) is 4.74 Å². The summed E-state index contributed by atoms with van der Waals surface area (Å²) in [5.41, 5.74) is 0.659. The predicted octanol–water partition coefficient (Wildman–Crippen LogP) is 2.54. The standard InChI is InChI=1S/C9H6BrClN2O2/c1-15-9(14)8-12-4-6-5(11)2-3-7(10)13(6)8/h2-4H,1H3. The quantitative estimate of drug-likeness (QED) is 0.598. The number of carbonyl (C=O) groups is 1. The monoisotopic (exact) mass is 288 g/mol. The van der Waals surface area contributed by atoms with Gasteiger partial charge in [-0.15, -0.1) is 0 Å². The zero-order chi connectivity index (χ0) is 11.0. The van der Waals surface area contributed by atoms with Crippen LogP contribution in [0.25, 0.3) is 5.52 Å². The van der Waals surface area contributed by atoms with Crippen LogP contribution in [0.4, 0.5) is 0 Å². The summed E-state index contributed by atoms with van der Waals surface area (Å²) in [7, 11) is 1.31. The van der Waals surface area contributed by atoms with E-state index in [1.54, 1.807) is 16.5 Å². The van der Waals surface area contributed by atoms with Crippen molar-refractivity contribution >= 4 is 39.0 Å². The average molecular weight is 290 g/mol. The van der Waals surface area contributed by atoms with Crippen molar-refractivity contribution in [3.05, 3.63) is 33.8 Å². The number of imidazole rings is 1. The Balaban J connectivity index is 2.79. The molecule has 0 aromatic carbocycles. The maximum Gasteiger partial charge on any atom is 0.374 e. The molecule has 0 aliphatic rings. The molecule has 0 aliphatic heterocycles. The van der Waals surface area contributed by atoms with Gasteiger partial charge in [0, 0.05) is 0 Å². The third-order valence-corrected chi connectivity index (χ3v) is 2.89. The zero-order valence-corrected chi connectivity index (χ0v) is 10.0. The van der Waals surface area contributed by atoms with Gasteiger partial charge in [0.15, 0.2) is 0 Å². The number of fused-ring (bicyclic) bond motifs is 1. The first kappa shape index (κ1) is 10.4. The van der Waals surface area contributed by atoms with Crippen molar-refractivity contribution in [3.63, 3.8) is 0 Å². The fourth-order valence-electron chi connectivity index (χ4n) is 1.27. The Hall–Kier alpha value is -1.07. The molecule has 0 spiro atoms. The van der Waals surface area contributed by atoms with Gasteiger partial charge in [-0.1, -0.05) is 11.6 Å². The number of carbonyl (C=O) groups excluding carboxylic acids is 1. The minimum Gasteiger partial charge on any atom is -0.463 e. The molecule has 0 saturated heterocycles. The Bertz CT molecular complexity index is 538. The zero-order valence-electron chi connectivity index (χ0n) is 7.70. The maximum atomic E-state index is 11.4. The second-order valence-corrected chi connectivity index (χ2v) is 4.02. The van der Waals surface area contributed by atoms with Crippen molar-refractivity contribution < 1.29 is 9.53 Å². The predicted molar refractivity (Wildman–Crippen MR) is 59.2 cm³/mol. The minimum atomic E-state index is -0.502. The largest absolute Gasteiger partial charge is 0.463 e. The molecule has 0 N–H and O–H groups in total. The number of aromatic nitrogens is 2. The van der Waals surface area contributed by atoms with Gasteiger partial charge in [0.25, 0.3) is 0 Å². The first-order chi connectivity index (χ1) is 7.15. The van der Waals surface area contributed by atoms with Gasteiger partial charge in [-0.25, -0.2) is 9.78 Å². The van der Waals surface area contributed by atoms with Crippen LogP contribution in [0.15, 0.2) is 22.9 Å². The molecule has 15 heavy (non-hydrogen) atoms. The van der Waals surface area contributed by atoms with E-state index >= 15 is 0 Å². The SMILES string of the molecule is COC(=O)c1ncc2c(Cl)ccc(Br)n12. The molecule has 0 radical (unpaired) electrons. The first-order valence-corrected chi connectivity index (χ1v) is 5.22. The lowest BCUT2D eigenvalue weighted by atomic mass is 10.4. The van der Waals surface area contributed by atoms with Gasteiger partial charge in [-0.05, 0) is 28.1 Å². The van der Waals surface area contributed by atoms with Crippen LogP contribution in [0, 0.1) is 0 Å². The van der Waals surface area contributed by atoms with Gasteiger partial charge in [-0.3, -0.25) is 4.40 Å². The molecule has 0 atom stereocenters. The minimum absolute atomic E-state index is 0.196. The van der Waals surface area contributed by atoms with E-state index in [0.29, 0.717) is 15.1 Å². The van der Waals surface area contributed by atoms with E-state index in [4.69, 9.17) is 11.6 Å². The molecule has 78 valence electrons. The second-order valence-electron chi connectivity index (χ2n) is 2.80. The highest BCUT2D eigenvalue weighted by atomic mass is 79.9. The van der Waals surface area contributed by atoms with E-state index in [2.05, 4.69) is 25.7 Å². The van der Waals surface area contributed by atoms with E-state index in [9.17, 15) is 4.79 Å². The number of hydrogen-bond acceptors (Lipinski definition) is 3. The van der Waals surface area contributed by atoms with E-state index in [1.165, 1.54) is 13.3 Å². The lowest BCUT2D eigenvalue weighted by molar-refractivity contribution is 0.0585. The van der Waals surface area contributed by atoms with Gasteiger partial charge >= 0.3 is 5.97 Å². The number of rotatable bonds is 1. The van der Waals surface area contributed by atoms with E-state index in [0.717, 1.165) is 0 Å². The lowest BCUT2D eigenvalue weighted by Gasteiger charge is -2.03. The molecule has 0 amide bonds. The molecule has 2 heterocycles. The Morgan fingerprint density at radius 2 is 2.33 bits per heavy atom. The topological polar surface area (TPSA) is 43.6 Å². The summed E-state index contributed by atoms with van der Waals surface area (Å²) < 4.78 is 6.90. The maximum absolute atomic E-state index is 11.4. The molecule has 4 nitrogen and oxygen atoms in total. The highest BCUT2D eigenvalue weighted by Crippen LogP contribution is 2.23. The number of methoxy groups -OCH3 is 1. The van der Waals surface area contributed by atoms with Crippen LogP contribution in [0.3, 0.4) is 0 Å². The summed E-state index contributed by atoms with van der Waals surface area (Å²) in [5, 5.41) is 0.529. The van der Waals surface area contributed by atoms with Crippen LogP contribution in [-0.4, -0.2) is 22.5 Å². The highest BCUT2D eigenvalue weighted by Gasteiger charge is 2.16. The third-order valence-electron chi connectivity index (χ3n) is 1.96. The summed E-state index contributed by atoms with van der Waals surface area (Å²) in [6.45, 7) is 0. The summed E-state index contributed by atoms with van der Waals surface area (Å²) in [6, 6.07) is 3.47. The molecular weight excluding hydrogens is 283 g/mol. The summed E-state index contributed by atoms with van der Waals surface area (Å²) in [6.07, 6.45) is 1.53. The Morgan fingerprint density at radius 1 is 1.60 bits per heavy atom. The van der Waals surface area contributed by atoms with Gasteiger partial charge in [0.1, 0.15) is 0 Å². The summed E-state index contributed by atoms with van der Waals surface area (Å²) >= 11 is 9.27. The van der Waals surface area contributed by atoms with Crippen molar-refractivity contribution in [1.29, 1.82) is 0 Å². The fourth-order valence-corrected chi connectivity index (χ4v) is 1.96. The van der Waals surface area contributed by atoms with Gasteiger partial charge in [0.2, 0.25) is 5.82 Å². The van der Waals surface area contributed by atoms with Crippen molar-refractivity contribution in [1.82, 2.24) is 9.38 Å². The van der Waals surface area contributed by atoms with Crippen molar-refractivity contribution in [2.75, 3.05) is 7.11 Å².